The fourth-order valence-corrected chi connectivity index (χ4v) is 4.26. The molecule has 1 aliphatic rings. The number of amides is 1. The standard InChI is InChI=1S/C26H31BrN2O4/c1-16(2)15-33-20-9-10-21(17(3)13-20)24(30)22-23(18-7-6-8-19(27)14-18)29(12-11-28(4)5)26(32)25(22)31/h6-10,13-14,16,23,30H,11-12,15H2,1-5H3/t23-/m1/s1. The second kappa shape index (κ2) is 10.5. The van der Waals surface area contributed by atoms with Gasteiger partial charge in [-0.3, -0.25) is 9.59 Å². The number of nitrogens with zero attached hydrogens (tertiary/aromatic N) is 2. The van der Waals surface area contributed by atoms with Crippen molar-refractivity contribution >= 4 is 33.4 Å². The van der Waals surface area contributed by atoms with E-state index in [1.807, 2.05) is 56.3 Å². The minimum absolute atomic E-state index is 0.107. The SMILES string of the molecule is Cc1cc(OCC(C)C)ccc1C(O)=C1C(=O)C(=O)N(CCN(C)C)[C@@H]1c1cccc(Br)c1. The van der Waals surface area contributed by atoms with Crippen molar-refractivity contribution in [1.29, 1.82) is 0 Å². The summed E-state index contributed by atoms with van der Waals surface area (Å²) in [5.41, 5.74) is 2.15. The highest BCUT2D eigenvalue weighted by atomic mass is 79.9. The third kappa shape index (κ3) is 5.65. The number of ether oxygens (including phenoxy) is 1. The highest BCUT2D eigenvalue weighted by Crippen LogP contribution is 2.40. The number of likely N-dealkylation sites (tertiary alicyclic amines) is 1. The van der Waals surface area contributed by atoms with Gasteiger partial charge >= 0.3 is 0 Å². The van der Waals surface area contributed by atoms with Gasteiger partial charge in [0.05, 0.1) is 18.2 Å². The van der Waals surface area contributed by atoms with Crippen molar-refractivity contribution in [3.05, 3.63) is 69.2 Å². The molecule has 0 radical (unpaired) electrons. The molecule has 33 heavy (non-hydrogen) atoms. The maximum absolute atomic E-state index is 13.1. The van der Waals surface area contributed by atoms with E-state index < -0.39 is 17.7 Å². The van der Waals surface area contributed by atoms with Crippen LogP contribution < -0.4 is 4.74 Å². The first-order valence-corrected chi connectivity index (χ1v) is 11.8. The third-order valence-corrected chi connectivity index (χ3v) is 6.02. The molecule has 7 heteroatoms. The Morgan fingerprint density at radius 3 is 2.52 bits per heavy atom. The van der Waals surface area contributed by atoms with Crippen molar-refractivity contribution in [3.63, 3.8) is 0 Å². The molecule has 1 amide bonds. The largest absolute Gasteiger partial charge is 0.507 e. The summed E-state index contributed by atoms with van der Waals surface area (Å²) in [6.45, 7) is 7.55. The summed E-state index contributed by atoms with van der Waals surface area (Å²) >= 11 is 3.48. The summed E-state index contributed by atoms with van der Waals surface area (Å²) in [5.74, 6) is -0.346. The number of aryl methyl sites for hydroxylation is 1. The van der Waals surface area contributed by atoms with Crippen molar-refractivity contribution in [2.45, 2.75) is 26.8 Å². The number of rotatable bonds is 8. The van der Waals surface area contributed by atoms with E-state index in [9.17, 15) is 14.7 Å². The van der Waals surface area contributed by atoms with Gasteiger partial charge in [-0.1, -0.05) is 41.9 Å². The number of ketones is 1. The van der Waals surface area contributed by atoms with Crippen LogP contribution in [0.25, 0.3) is 5.76 Å². The summed E-state index contributed by atoms with van der Waals surface area (Å²) in [7, 11) is 3.83. The van der Waals surface area contributed by atoms with Gasteiger partial charge in [0, 0.05) is 23.1 Å². The van der Waals surface area contributed by atoms with Crippen molar-refractivity contribution in [2.75, 3.05) is 33.8 Å². The monoisotopic (exact) mass is 514 g/mol. The van der Waals surface area contributed by atoms with Crippen LogP contribution in [0.3, 0.4) is 0 Å². The predicted molar refractivity (Wildman–Crippen MR) is 133 cm³/mol. The highest BCUT2D eigenvalue weighted by Gasteiger charge is 2.46. The Labute approximate surface area is 204 Å². The van der Waals surface area contributed by atoms with Gasteiger partial charge in [-0.25, -0.2) is 0 Å². The van der Waals surface area contributed by atoms with Crippen LogP contribution in [0.15, 0.2) is 52.5 Å². The van der Waals surface area contributed by atoms with E-state index in [-0.39, 0.29) is 11.3 Å². The molecule has 1 heterocycles. The predicted octanol–water partition coefficient (Wildman–Crippen LogP) is 4.78. The summed E-state index contributed by atoms with van der Waals surface area (Å²) < 4.78 is 6.62. The third-order valence-electron chi connectivity index (χ3n) is 5.53. The van der Waals surface area contributed by atoms with E-state index in [1.54, 1.807) is 17.0 Å². The van der Waals surface area contributed by atoms with E-state index in [0.717, 1.165) is 15.6 Å². The lowest BCUT2D eigenvalue weighted by atomic mass is 9.94. The number of aliphatic hydroxyl groups excluding tert-OH is 1. The van der Waals surface area contributed by atoms with Crippen LogP contribution in [0, 0.1) is 12.8 Å². The molecule has 1 saturated heterocycles. The Morgan fingerprint density at radius 1 is 1.18 bits per heavy atom. The fraction of sp³-hybridized carbons (Fsp3) is 0.385. The zero-order valence-corrected chi connectivity index (χ0v) is 21.3. The lowest BCUT2D eigenvalue weighted by Gasteiger charge is -2.26. The Bertz CT molecular complexity index is 1080. The van der Waals surface area contributed by atoms with Crippen LogP contribution >= 0.6 is 15.9 Å². The first-order chi connectivity index (χ1) is 15.6. The van der Waals surface area contributed by atoms with Gasteiger partial charge in [0.1, 0.15) is 11.5 Å². The Hall–Kier alpha value is -2.64. The van der Waals surface area contributed by atoms with Crippen molar-refractivity contribution in [3.8, 4) is 5.75 Å². The molecule has 176 valence electrons. The summed E-state index contributed by atoms with van der Waals surface area (Å²) in [5, 5.41) is 11.3. The molecule has 2 aromatic carbocycles. The van der Waals surface area contributed by atoms with Crippen molar-refractivity contribution in [2.24, 2.45) is 5.92 Å². The molecule has 0 bridgehead atoms. The van der Waals surface area contributed by atoms with Gasteiger partial charge in [-0.15, -0.1) is 0 Å². The fourth-order valence-electron chi connectivity index (χ4n) is 3.84. The normalized spacial score (nSPS) is 17.9. The van der Waals surface area contributed by atoms with Gasteiger partial charge in [-0.05, 0) is 68.4 Å². The number of benzene rings is 2. The molecule has 1 fully saturated rings. The van der Waals surface area contributed by atoms with E-state index in [4.69, 9.17) is 4.74 Å². The van der Waals surface area contributed by atoms with Crippen molar-refractivity contribution in [1.82, 2.24) is 9.80 Å². The minimum Gasteiger partial charge on any atom is -0.507 e. The Balaban J connectivity index is 2.09. The maximum Gasteiger partial charge on any atom is 0.295 e. The quantitative estimate of drug-likeness (QED) is 0.312. The molecular weight excluding hydrogens is 484 g/mol. The van der Waals surface area contributed by atoms with Gasteiger partial charge in [0.25, 0.3) is 11.7 Å². The van der Waals surface area contributed by atoms with Crippen LogP contribution in [-0.2, 0) is 9.59 Å². The van der Waals surface area contributed by atoms with Gasteiger partial charge in [0.15, 0.2) is 0 Å². The zero-order valence-electron chi connectivity index (χ0n) is 19.8. The van der Waals surface area contributed by atoms with E-state index in [0.29, 0.717) is 36.9 Å². The number of hydrogen-bond acceptors (Lipinski definition) is 5. The lowest BCUT2D eigenvalue weighted by Crippen LogP contribution is -2.35. The molecule has 1 atom stereocenters. The summed E-state index contributed by atoms with van der Waals surface area (Å²) in [4.78, 5) is 29.6. The van der Waals surface area contributed by atoms with Crippen LogP contribution in [-0.4, -0.2) is 60.4 Å². The van der Waals surface area contributed by atoms with E-state index >= 15 is 0 Å². The smallest absolute Gasteiger partial charge is 0.295 e. The van der Waals surface area contributed by atoms with Crippen LogP contribution in [0.1, 0.15) is 36.6 Å². The Morgan fingerprint density at radius 2 is 1.91 bits per heavy atom. The number of Topliss-reactive ketones (excluding diaryl/α,β-unsaturated/α-hetero) is 1. The summed E-state index contributed by atoms with van der Waals surface area (Å²) in [6, 6.07) is 12.2. The average Bonchev–Trinajstić information content (AvgIpc) is 3.00. The van der Waals surface area contributed by atoms with Gasteiger partial charge in [0.2, 0.25) is 0 Å². The number of aliphatic hydroxyl groups is 1. The maximum atomic E-state index is 13.1. The minimum atomic E-state index is -0.671. The van der Waals surface area contributed by atoms with Crippen molar-refractivity contribution < 1.29 is 19.4 Å². The van der Waals surface area contributed by atoms with Crippen LogP contribution in [0.5, 0.6) is 5.75 Å². The zero-order chi connectivity index (χ0) is 24.3. The molecule has 0 saturated carbocycles. The second-order valence-corrected chi connectivity index (χ2v) is 9.95. The second-order valence-electron chi connectivity index (χ2n) is 9.03. The molecule has 1 aliphatic heterocycles. The van der Waals surface area contributed by atoms with E-state index in [2.05, 4.69) is 29.8 Å². The average molecular weight is 515 g/mol. The molecule has 0 aromatic heterocycles. The van der Waals surface area contributed by atoms with Crippen LogP contribution in [0.4, 0.5) is 0 Å². The topological polar surface area (TPSA) is 70.1 Å². The molecule has 0 aliphatic carbocycles. The number of hydrogen-bond donors (Lipinski definition) is 1. The molecular formula is C26H31BrN2O4. The molecule has 3 rings (SSSR count). The highest BCUT2D eigenvalue weighted by molar-refractivity contribution is 9.10. The van der Waals surface area contributed by atoms with Gasteiger partial charge < -0.3 is 19.6 Å². The number of carbonyl (C=O) groups excluding carboxylic acids is 2. The molecule has 6 nitrogen and oxygen atoms in total. The Kier molecular flexibility index (Phi) is 7.97. The first kappa shape index (κ1) is 25.0. The number of likely N-dealkylation sites (N-methyl/N-ethyl adjacent to an activating group) is 1. The molecule has 0 spiro atoms. The first-order valence-electron chi connectivity index (χ1n) is 11.0. The van der Waals surface area contributed by atoms with Crippen LogP contribution in [0.2, 0.25) is 0 Å². The molecule has 0 unspecified atom stereocenters. The number of halogens is 1. The lowest BCUT2D eigenvalue weighted by molar-refractivity contribution is -0.140. The van der Waals surface area contributed by atoms with E-state index in [1.165, 1.54) is 0 Å². The van der Waals surface area contributed by atoms with Gasteiger partial charge in [-0.2, -0.15) is 0 Å². The molecule has 1 N–H and O–H groups in total. The number of carbonyl (C=O) groups is 2. The molecule has 2 aromatic rings. The summed E-state index contributed by atoms with van der Waals surface area (Å²) in [6.07, 6.45) is 0.